The van der Waals surface area contributed by atoms with Gasteiger partial charge in [0.15, 0.2) is 5.96 Å². The van der Waals surface area contributed by atoms with Crippen molar-refractivity contribution in [3.63, 3.8) is 0 Å². The molecule has 0 bridgehead atoms. The van der Waals surface area contributed by atoms with Gasteiger partial charge in [-0.2, -0.15) is 0 Å². The summed E-state index contributed by atoms with van der Waals surface area (Å²) in [5, 5.41) is 6.20. The number of nitrogens with zero attached hydrogens (tertiary/aromatic N) is 2. The highest BCUT2D eigenvalue weighted by Gasteiger charge is 2.18. The Hall–Kier alpha value is -2.11. The van der Waals surface area contributed by atoms with Crippen molar-refractivity contribution in [1.29, 1.82) is 0 Å². The highest BCUT2D eigenvalue weighted by molar-refractivity contribution is 5.80. The zero-order valence-corrected chi connectivity index (χ0v) is 15.2. The van der Waals surface area contributed by atoms with Crippen LogP contribution in [0.25, 0.3) is 0 Å². The molecule has 0 unspecified atom stereocenters. The van der Waals surface area contributed by atoms with E-state index in [1.807, 2.05) is 11.9 Å². The van der Waals surface area contributed by atoms with E-state index in [0.717, 1.165) is 11.5 Å². The molecule has 1 aromatic carbocycles. The number of amides is 1. The van der Waals surface area contributed by atoms with Crippen LogP contribution in [0.5, 0.6) is 0 Å². The first-order chi connectivity index (χ1) is 12.1. The summed E-state index contributed by atoms with van der Waals surface area (Å²) in [7, 11) is 3.65. The molecule has 0 saturated heterocycles. The third kappa shape index (κ3) is 6.72. The third-order valence-electron chi connectivity index (χ3n) is 4.59. The normalized spacial score (nSPS) is 15.2. The fourth-order valence-corrected chi connectivity index (χ4v) is 3.25. The predicted octanol–water partition coefficient (Wildman–Crippen LogP) is 2.53. The van der Waals surface area contributed by atoms with E-state index in [0.29, 0.717) is 32.0 Å². The van der Waals surface area contributed by atoms with Crippen molar-refractivity contribution in [3.8, 4) is 0 Å². The van der Waals surface area contributed by atoms with Gasteiger partial charge in [0.25, 0.3) is 0 Å². The van der Waals surface area contributed by atoms with Crippen LogP contribution < -0.4 is 10.6 Å². The Morgan fingerprint density at radius 2 is 1.84 bits per heavy atom. The van der Waals surface area contributed by atoms with E-state index in [-0.39, 0.29) is 11.7 Å². The Morgan fingerprint density at radius 3 is 2.48 bits per heavy atom. The van der Waals surface area contributed by atoms with Crippen LogP contribution >= 0.6 is 0 Å². The standard InChI is InChI=1S/C19H29FN4O/c1-21-19(24(2)14-16-7-9-17(20)10-8-16)23-12-11-22-18(25)13-15-5-3-4-6-15/h7-10,15H,3-6,11-14H2,1-2H3,(H,21,23)(H,22,25). The highest BCUT2D eigenvalue weighted by Crippen LogP contribution is 2.27. The van der Waals surface area contributed by atoms with Gasteiger partial charge in [0.05, 0.1) is 0 Å². The Kier molecular flexibility index (Phi) is 7.70. The molecule has 25 heavy (non-hydrogen) atoms. The molecule has 5 nitrogen and oxygen atoms in total. The van der Waals surface area contributed by atoms with Gasteiger partial charge in [0.1, 0.15) is 5.82 Å². The van der Waals surface area contributed by atoms with Gasteiger partial charge >= 0.3 is 0 Å². The molecule has 1 aliphatic carbocycles. The minimum absolute atomic E-state index is 0.142. The number of carbonyl (C=O) groups excluding carboxylic acids is 1. The zero-order valence-electron chi connectivity index (χ0n) is 15.2. The number of carbonyl (C=O) groups is 1. The van der Waals surface area contributed by atoms with Gasteiger partial charge in [-0.3, -0.25) is 9.79 Å². The Labute approximate surface area is 149 Å². The van der Waals surface area contributed by atoms with Gasteiger partial charge in [-0.15, -0.1) is 0 Å². The molecule has 1 saturated carbocycles. The molecule has 6 heteroatoms. The maximum absolute atomic E-state index is 13.0. The molecule has 0 aliphatic heterocycles. The monoisotopic (exact) mass is 348 g/mol. The Morgan fingerprint density at radius 1 is 1.20 bits per heavy atom. The fraction of sp³-hybridized carbons (Fsp3) is 0.579. The number of hydrogen-bond donors (Lipinski definition) is 2. The molecule has 0 atom stereocenters. The summed E-state index contributed by atoms with van der Waals surface area (Å²) < 4.78 is 13.0. The number of benzene rings is 1. The summed E-state index contributed by atoms with van der Waals surface area (Å²) in [6.07, 6.45) is 5.55. The molecule has 0 aromatic heterocycles. The fourth-order valence-electron chi connectivity index (χ4n) is 3.25. The number of guanidine groups is 1. The number of aliphatic imine (C=N–C) groups is 1. The van der Waals surface area contributed by atoms with E-state index < -0.39 is 0 Å². The van der Waals surface area contributed by atoms with Crippen LogP contribution in [0.2, 0.25) is 0 Å². The molecule has 0 spiro atoms. The molecule has 0 radical (unpaired) electrons. The quantitative estimate of drug-likeness (QED) is 0.452. The molecule has 1 aliphatic rings. The second-order valence-corrected chi connectivity index (χ2v) is 6.66. The molecule has 0 heterocycles. The third-order valence-corrected chi connectivity index (χ3v) is 4.59. The summed E-state index contributed by atoms with van der Waals surface area (Å²) in [5.74, 6) is 1.22. The van der Waals surface area contributed by atoms with Crippen molar-refractivity contribution in [3.05, 3.63) is 35.6 Å². The first-order valence-corrected chi connectivity index (χ1v) is 9.01. The van der Waals surface area contributed by atoms with Crippen LogP contribution in [0.15, 0.2) is 29.3 Å². The molecule has 1 aromatic rings. The van der Waals surface area contributed by atoms with Crippen LogP contribution in [0.3, 0.4) is 0 Å². The van der Waals surface area contributed by atoms with Crippen molar-refractivity contribution < 1.29 is 9.18 Å². The average Bonchev–Trinajstić information content (AvgIpc) is 3.09. The summed E-state index contributed by atoms with van der Waals surface area (Å²) in [4.78, 5) is 18.1. The molecule has 2 rings (SSSR count). The van der Waals surface area contributed by atoms with Crippen molar-refractivity contribution in [1.82, 2.24) is 15.5 Å². The summed E-state index contributed by atoms with van der Waals surface area (Å²) in [5.41, 5.74) is 1.01. The number of rotatable bonds is 7. The number of hydrogen-bond acceptors (Lipinski definition) is 2. The van der Waals surface area contributed by atoms with Gasteiger partial charge in [-0.05, 0) is 36.5 Å². The second kappa shape index (κ2) is 10.0. The van der Waals surface area contributed by atoms with E-state index in [9.17, 15) is 9.18 Å². The van der Waals surface area contributed by atoms with E-state index >= 15 is 0 Å². The molecular formula is C19H29FN4O. The second-order valence-electron chi connectivity index (χ2n) is 6.66. The average molecular weight is 348 g/mol. The topological polar surface area (TPSA) is 56.7 Å². The molecular weight excluding hydrogens is 319 g/mol. The first-order valence-electron chi connectivity index (χ1n) is 9.01. The van der Waals surface area contributed by atoms with Crippen LogP contribution in [-0.2, 0) is 11.3 Å². The minimum atomic E-state index is -0.234. The summed E-state index contributed by atoms with van der Waals surface area (Å²) >= 11 is 0. The van der Waals surface area contributed by atoms with Gasteiger partial charge in [-0.1, -0.05) is 25.0 Å². The molecule has 138 valence electrons. The van der Waals surface area contributed by atoms with E-state index in [1.165, 1.54) is 37.8 Å². The Bertz CT molecular complexity index is 567. The SMILES string of the molecule is CN=C(NCCNC(=O)CC1CCCC1)N(C)Cc1ccc(F)cc1. The lowest BCUT2D eigenvalue weighted by molar-refractivity contribution is -0.121. The molecule has 2 N–H and O–H groups in total. The zero-order chi connectivity index (χ0) is 18.1. The van der Waals surface area contributed by atoms with Crippen molar-refractivity contribution in [2.75, 3.05) is 27.2 Å². The lowest BCUT2D eigenvalue weighted by Gasteiger charge is -2.22. The maximum atomic E-state index is 13.0. The number of halogens is 1. The van der Waals surface area contributed by atoms with Crippen LogP contribution in [-0.4, -0.2) is 44.0 Å². The summed E-state index contributed by atoms with van der Waals surface area (Å²) in [6, 6.07) is 6.45. The van der Waals surface area contributed by atoms with Crippen molar-refractivity contribution in [2.45, 2.75) is 38.6 Å². The highest BCUT2D eigenvalue weighted by atomic mass is 19.1. The van der Waals surface area contributed by atoms with Gasteiger partial charge in [0, 0.05) is 40.2 Å². The lowest BCUT2D eigenvalue weighted by atomic mass is 10.0. The van der Waals surface area contributed by atoms with Gasteiger partial charge in [-0.25, -0.2) is 4.39 Å². The Balaban J connectivity index is 1.66. The first kappa shape index (κ1) is 19.2. The largest absolute Gasteiger partial charge is 0.354 e. The van der Waals surface area contributed by atoms with E-state index in [1.54, 1.807) is 19.2 Å². The molecule has 1 amide bonds. The van der Waals surface area contributed by atoms with Gasteiger partial charge in [0.2, 0.25) is 5.91 Å². The number of nitrogens with one attached hydrogen (secondary N) is 2. The van der Waals surface area contributed by atoms with E-state index in [2.05, 4.69) is 15.6 Å². The van der Waals surface area contributed by atoms with Crippen molar-refractivity contribution in [2.24, 2.45) is 10.9 Å². The van der Waals surface area contributed by atoms with Crippen LogP contribution in [0.1, 0.15) is 37.7 Å². The minimum Gasteiger partial charge on any atom is -0.354 e. The van der Waals surface area contributed by atoms with Gasteiger partial charge < -0.3 is 15.5 Å². The van der Waals surface area contributed by atoms with Crippen LogP contribution in [0, 0.1) is 11.7 Å². The maximum Gasteiger partial charge on any atom is 0.220 e. The van der Waals surface area contributed by atoms with Crippen molar-refractivity contribution >= 4 is 11.9 Å². The summed E-state index contributed by atoms with van der Waals surface area (Å²) in [6.45, 7) is 1.83. The smallest absolute Gasteiger partial charge is 0.220 e. The van der Waals surface area contributed by atoms with Crippen LogP contribution in [0.4, 0.5) is 4.39 Å². The predicted molar refractivity (Wildman–Crippen MR) is 98.8 cm³/mol. The van der Waals surface area contributed by atoms with E-state index in [4.69, 9.17) is 0 Å². The molecule has 1 fully saturated rings. The lowest BCUT2D eigenvalue weighted by Crippen LogP contribution is -2.42.